The van der Waals surface area contributed by atoms with Gasteiger partial charge in [0.2, 0.25) is 5.91 Å². The minimum absolute atomic E-state index is 0.128. The maximum Gasteiger partial charge on any atom is 0.277 e. The van der Waals surface area contributed by atoms with E-state index in [2.05, 4.69) is 20.6 Å². The molecule has 0 bridgehead atoms. The van der Waals surface area contributed by atoms with Crippen LogP contribution in [0.4, 0.5) is 5.13 Å². The van der Waals surface area contributed by atoms with Gasteiger partial charge in [-0.2, -0.15) is 0 Å². The Balaban J connectivity index is 1.61. The van der Waals surface area contributed by atoms with E-state index < -0.39 is 0 Å². The van der Waals surface area contributed by atoms with Crippen molar-refractivity contribution in [2.24, 2.45) is 0 Å². The Morgan fingerprint density at radius 1 is 1.32 bits per heavy atom. The monoisotopic (exact) mass is 315 g/mol. The highest BCUT2D eigenvalue weighted by molar-refractivity contribution is 7.13. The number of carbonyl (C=O) groups excluding carboxylic acids is 1. The van der Waals surface area contributed by atoms with Gasteiger partial charge in [-0.25, -0.2) is 9.67 Å². The SMILES string of the molecule is O=C(CCCn1nnc2ccccc2c1=O)Nc1nccs1. The Labute approximate surface area is 129 Å². The first-order valence-corrected chi connectivity index (χ1v) is 7.64. The number of nitrogens with zero attached hydrogens (tertiary/aromatic N) is 4. The Morgan fingerprint density at radius 2 is 2.18 bits per heavy atom. The number of thiazole rings is 1. The third-order valence-electron chi connectivity index (χ3n) is 3.08. The molecule has 8 heteroatoms. The van der Waals surface area contributed by atoms with Crippen molar-refractivity contribution in [3.05, 3.63) is 46.2 Å². The van der Waals surface area contributed by atoms with Crippen molar-refractivity contribution in [1.29, 1.82) is 0 Å². The fraction of sp³-hybridized carbons (Fsp3) is 0.214. The number of aryl methyl sites for hydroxylation is 1. The molecular formula is C14H13N5O2S. The maximum absolute atomic E-state index is 12.2. The quantitative estimate of drug-likeness (QED) is 0.773. The highest BCUT2D eigenvalue weighted by Crippen LogP contribution is 2.11. The van der Waals surface area contributed by atoms with E-state index in [9.17, 15) is 9.59 Å². The number of hydrogen-bond acceptors (Lipinski definition) is 6. The molecule has 0 aliphatic carbocycles. The van der Waals surface area contributed by atoms with Crippen LogP contribution in [0.5, 0.6) is 0 Å². The number of rotatable bonds is 5. The van der Waals surface area contributed by atoms with E-state index in [-0.39, 0.29) is 11.5 Å². The van der Waals surface area contributed by atoms with Gasteiger partial charge in [0, 0.05) is 24.5 Å². The van der Waals surface area contributed by atoms with Crippen LogP contribution >= 0.6 is 11.3 Å². The molecule has 0 saturated carbocycles. The molecule has 1 amide bonds. The highest BCUT2D eigenvalue weighted by atomic mass is 32.1. The number of amides is 1. The van der Waals surface area contributed by atoms with E-state index in [1.807, 2.05) is 6.07 Å². The van der Waals surface area contributed by atoms with Gasteiger partial charge in [0.05, 0.1) is 5.39 Å². The summed E-state index contributed by atoms with van der Waals surface area (Å²) in [7, 11) is 0. The molecule has 0 saturated heterocycles. The number of carbonyl (C=O) groups is 1. The lowest BCUT2D eigenvalue weighted by Crippen LogP contribution is -2.25. The second-order valence-corrected chi connectivity index (χ2v) is 5.52. The molecule has 2 aromatic heterocycles. The van der Waals surface area contributed by atoms with Crippen LogP contribution in [0.15, 0.2) is 40.6 Å². The molecule has 3 aromatic rings. The van der Waals surface area contributed by atoms with Gasteiger partial charge in [-0.1, -0.05) is 17.3 Å². The summed E-state index contributed by atoms with van der Waals surface area (Å²) in [5.74, 6) is -0.128. The van der Waals surface area contributed by atoms with E-state index in [0.29, 0.717) is 35.4 Å². The van der Waals surface area contributed by atoms with Gasteiger partial charge in [0.1, 0.15) is 5.52 Å². The van der Waals surface area contributed by atoms with Crippen LogP contribution < -0.4 is 10.9 Å². The second kappa shape index (κ2) is 6.44. The number of hydrogen-bond donors (Lipinski definition) is 1. The van der Waals surface area contributed by atoms with Crippen molar-refractivity contribution in [3.8, 4) is 0 Å². The molecule has 0 aliphatic rings. The minimum atomic E-state index is -0.189. The third kappa shape index (κ3) is 3.17. The van der Waals surface area contributed by atoms with Crippen LogP contribution in [0, 0.1) is 0 Å². The first-order valence-electron chi connectivity index (χ1n) is 6.76. The van der Waals surface area contributed by atoms with Gasteiger partial charge in [-0.15, -0.1) is 16.4 Å². The minimum Gasteiger partial charge on any atom is -0.302 e. The van der Waals surface area contributed by atoms with Crippen molar-refractivity contribution >= 4 is 33.3 Å². The zero-order valence-electron chi connectivity index (χ0n) is 11.6. The number of benzene rings is 1. The standard InChI is InChI=1S/C14H13N5O2S/c20-12(16-14-15-7-9-22-14)6-3-8-19-13(21)10-4-1-2-5-11(10)17-18-19/h1-2,4-5,7,9H,3,6,8H2,(H,15,16,20). The van der Waals surface area contributed by atoms with Crippen molar-refractivity contribution in [2.75, 3.05) is 5.32 Å². The van der Waals surface area contributed by atoms with Crippen LogP contribution in [0.3, 0.4) is 0 Å². The smallest absolute Gasteiger partial charge is 0.277 e. The van der Waals surface area contributed by atoms with Crippen LogP contribution in [-0.4, -0.2) is 25.9 Å². The molecular weight excluding hydrogens is 302 g/mol. The lowest BCUT2D eigenvalue weighted by atomic mass is 10.2. The van der Waals surface area contributed by atoms with E-state index >= 15 is 0 Å². The fourth-order valence-corrected chi connectivity index (χ4v) is 2.57. The van der Waals surface area contributed by atoms with Gasteiger partial charge in [-0.05, 0) is 18.6 Å². The lowest BCUT2D eigenvalue weighted by Gasteiger charge is -2.04. The molecule has 1 aromatic carbocycles. The zero-order valence-corrected chi connectivity index (χ0v) is 12.4. The number of fused-ring (bicyclic) bond motifs is 1. The van der Waals surface area contributed by atoms with Gasteiger partial charge >= 0.3 is 0 Å². The molecule has 0 fully saturated rings. The summed E-state index contributed by atoms with van der Waals surface area (Å²) in [6.07, 6.45) is 2.43. The Kier molecular flexibility index (Phi) is 4.19. The first kappa shape index (κ1) is 14.3. The average molecular weight is 315 g/mol. The summed E-state index contributed by atoms with van der Waals surface area (Å²) >= 11 is 1.36. The van der Waals surface area contributed by atoms with Gasteiger partial charge in [-0.3, -0.25) is 9.59 Å². The van der Waals surface area contributed by atoms with Crippen LogP contribution in [0.25, 0.3) is 10.9 Å². The topological polar surface area (TPSA) is 89.8 Å². The van der Waals surface area contributed by atoms with E-state index in [4.69, 9.17) is 0 Å². The van der Waals surface area contributed by atoms with Gasteiger partial charge < -0.3 is 5.32 Å². The number of nitrogens with one attached hydrogen (secondary N) is 1. The molecule has 0 unspecified atom stereocenters. The lowest BCUT2D eigenvalue weighted by molar-refractivity contribution is -0.116. The predicted octanol–water partition coefficient (Wildman–Crippen LogP) is 1.67. The normalized spacial score (nSPS) is 10.7. The van der Waals surface area contributed by atoms with Crippen molar-refractivity contribution in [2.45, 2.75) is 19.4 Å². The molecule has 0 atom stereocenters. The van der Waals surface area contributed by atoms with Gasteiger partial charge in [0.15, 0.2) is 5.13 Å². The Morgan fingerprint density at radius 3 is 3.00 bits per heavy atom. The molecule has 22 heavy (non-hydrogen) atoms. The number of anilines is 1. The van der Waals surface area contributed by atoms with Crippen LogP contribution in [0.1, 0.15) is 12.8 Å². The van der Waals surface area contributed by atoms with Crippen molar-refractivity contribution in [1.82, 2.24) is 20.0 Å². The summed E-state index contributed by atoms with van der Waals surface area (Å²) in [6, 6.07) is 7.06. The number of aromatic nitrogens is 4. The molecule has 2 heterocycles. The van der Waals surface area contributed by atoms with Crippen molar-refractivity contribution in [3.63, 3.8) is 0 Å². The highest BCUT2D eigenvalue weighted by Gasteiger charge is 2.07. The molecule has 0 spiro atoms. The van der Waals surface area contributed by atoms with Crippen LogP contribution in [-0.2, 0) is 11.3 Å². The summed E-state index contributed by atoms with van der Waals surface area (Å²) in [5, 5.41) is 13.5. The molecule has 0 radical (unpaired) electrons. The maximum atomic E-state index is 12.2. The summed E-state index contributed by atoms with van der Waals surface area (Å²) < 4.78 is 1.29. The first-order chi connectivity index (χ1) is 10.7. The third-order valence-corrected chi connectivity index (χ3v) is 3.77. The summed E-state index contributed by atoms with van der Waals surface area (Å²) in [4.78, 5) is 27.9. The van der Waals surface area contributed by atoms with Crippen LogP contribution in [0.2, 0.25) is 0 Å². The Hall–Kier alpha value is -2.61. The van der Waals surface area contributed by atoms with E-state index in [1.165, 1.54) is 16.0 Å². The second-order valence-electron chi connectivity index (χ2n) is 4.62. The van der Waals surface area contributed by atoms with Crippen molar-refractivity contribution < 1.29 is 4.79 Å². The van der Waals surface area contributed by atoms with E-state index in [0.717, 1.165) is 0 Å². The average Bonchev–Trinajstić information content (AvgIpc) is 3.03. The molecule has 7 nitrogen and oxygen atoms in total. The molecule has 112 valence electrons. The van der Waals surface area contributed by atoms with Gasteiger partial charge in [0.25, 0.3) is 5.56 Å². The predicted molar refractivity (Wildman–Crippen MR) is 83.8 cm³/mol. The molecule has 0 aliphatic heterocycles. The Bertz CT molecular complexity index is 844. The fourth-order valence-electron chi connectivity index (χ4n) is 2.03. The largest absolute Gasteiger partial charge is 0.302 e. The molecule has 3 rings (SSSR count). The summed E-state index contributed by atoms with van der Waals surface area (Å²) in [5.41, 5.74) is 0.385. The molecule has 1 N–H and O–H groups in total. The van der Waals surface area contributed by atoms with E-state index in [1.54, 1.807) is 29.8 Å². The summed E-state index contributed by atoms with van der Waals surface area (Å²) in [6.45, 7) is 0.349. The zero-order chi connectivity index (χ0) is 15.4.